The molecule has 7 nitrogen and oxygen atoms in total. The fourth-order valence-electron chi connectivity index (χ4n) is 2.09. The minimum absolute atomic E-state index is 0.0402. The van der Waals surface area contributed by atoms with Crippen molar-refractivity contribution in [2.75, 3.05) is 21.7 Å². The molecule has 0 aliphatic heterocycles. The van der Waals surface area contributed by atoms with E-state index < -0.39 is 11.8 Å². The number of thioether (sulfide) groups is 1. The topological polar surface area (TPSA) is 96.0 Å². The number of nitrogens with zero attached hydrogens (tertiary/aromatic N) is 2. The number of benzene rings is 2. The Morgan fingerprint density at radius 1 is 1.04 bits per heavy atom. The van der Waals surface area contributed by atoms with Crippen LogP contribution in [0.25, 0.3) is 0 Å². The molecule has 3 N–H and O–H groups in total. The van der Waals surface area contributed by atoms with Crippen LogP contribution in [0, 0.1) is 12.7 Å². The van der Waals surface area contributed by atoms with Crippen LogP contribution in [0.2, 0.25) is 0 Å². The Morgan fingerprint density at radius 3 is 2.54 bits per heavy atom. The van der Waals surface area contributed by atoms with Gasteiger partial charge in [0.2, 0.25) is 11.0 Å². The lowest BCUT2D eigenvalue weighted by Crippen LogP contribution is -2.19. The SMILES string of the molecule is Cc1ccc(NC(=O)Nc2nnc(SCC(=O)Nc3ccccc3F)s2)cc1. The van der Waals surface area contributed by atoms with Crippen molar-refractivity contribution in [2.45, 2.75) is 11.3 Å². The molecule has 3 amide bonds. The van der Waals surface area contributed by atoms with E-state index in [1.165, 1.54) is 12.1 Å². The highest BCUT2D eigenvalue weighted by atomic mass is 32.2. The van der Waals surface area contributed by atoms with Crippen molar-refractivity contribution in [1.82, 2.24) is 10.2 Å². The molecule has 10 heteroatoms. The quantitative estimate of drug-likeness (QED) is 0.409. The zero-order chi connectivity index (χ0) is 19.9. The second-order valence-electron chi connectivity index (χ2n) is 5.63. The smallest absolute Gasteiger partial charge is 0.323 e. The summed E-state index contributed by atoms with van der Waals surface area (Å²) in [6.45, 7) is 1.96. The summed E-state index contributed by atoms with van der Waals surface area (Å²) in [5.41, 5.74) is 1.88. The summed E-state index contributed by atoms with van der Waals surface area (Å²) in [6.07, 6.45) is 0. The van der Waals surface area contributed by atoms with E-state index in [0.29, 0.717) is 15.2 Å². The van der Waals surface area contributed by atoms with Crippen LogP contribution in [-0.4, -0.2) is 27.9 Å². The third-order valence-corrected chi connectivity index (χ3v) is 5.38. The minimum atomic E-state index is -0.497. The molecule has 0 spiro atoms. The molecule has 0 bridgehead atoms. The molecule has 28 heavy (non-hydrogen) atoms. The number of hydrogen-bond acceptors (Lipinski definition) is 6. The predicted molar refractivity (Wildman–Crippen MR) is 109 cm³/mol. The van der Waals surface area contributed by atoms with Gasteiger partial charge in [-0.1, -0.05) is 52.9 Å². The van der Waals surface area contributed by atoms with Gasteiger partial charge >= 0.3 is 6.03 Å². The fourth-order valence-corrected chi connectivity index (χ4v) is 3.64. The first kappa shape index (κ1) is 19.8. The second kappa shape index (κ2) is 9.29. The summed E-state index contributed by atoms with van der Waals surface area (Å²) in [5, 5.41) is 15.9. The van der Waals surface area contributed by atoms with Gasteiger partial charge in [0.15, 0.2) is 4.34 Å². The molecule has 3 aromatic rings. The minimum Gasteiger partial charge on any atom is -0.323 e. The van der Waals surface area contributed by atoms with Gasteiger partial charge in [0.05, 0.1) is 11.4 Å². The number of hydrogen-bond donors (Lipinski definition) is 3. The van der Waals surface area contributed by atoms with E-state index in [2.05, 4.69) is 26.1 Å². The maximum Gasteiger partial charge on any atom is 0.325 e. The van der Waals surface area contributed by atoms with E-state index in [-0.39, 0.29) is 17.3 Å². The maximum atomic E-state index is 13.5. The van der Waals surface area contributed by atoms with E-state index in [1.807, 2.05) is 19.1 Å². The van der Waals surface area contributed by atoms with E-state index in [9.17, 15) is 14.0 Å². The first-order valence-electron chi connectivity index (χ1n) is 8.15. The third-order valence-electron chi connectivity index (χ3n) is 3.41. The van der Waals surface area contributed by atoms with E-state index in [4.69, 9.17) is 0 Å². The van der Waals surface area contributed by atoms with Crippen molar-refractivity contribution < 1.29 is 14.0 Å². The van der Waals surface area contributed by atoms with Gasteiger partial charge in [0.1, 0.15) is 5.82 Å². The van der Waals surface area contributed by atoms with E-state index in [1.54, 1.807) is 24.3 Å². The molecule has 0 atom stereocenters. The van der Waals surface area contributed by atoms with Crippen LogP contribution >= 0.6 is 23.1 Å². The number of carbonyl (C=O) groups is 2. The number of aromatic nitrogens is 2. The maximum absolute atomic E-state index is 13.5. The lowest BCUT2D eigenvalue weighted by atomic mass is 10.2. The lowest BCUT2D eigenvalue weighted by molar-refractivity contribution is -0.113. The average molecular weight is 417 g/mol. The van der Waals surface area contributed by atoms with Gasteiger partial charge in [-0.15, -0.1) is 10.2 Å². The van der Waals surface area contributed by atoms with Crippen molar-refractivity contribution >= 4 is 51.5 Å². The first-order chi connectivity index (χ1) is 13.5. The van der Waals surface area contributed by atoms with E-state index in [0.717, 1.165) is 28.7 Å². The summed E-state index contributed by atoms with van der Waals surface area (Å²) in [6, 6.07) is 12.9. The molecule has 2 aromatic carbocycles. The van der Waals surface area contributed by atoms with Crippen LogP contribution in [0.4, 0.5) is 25.7 Å². The molecule has 0 fully saturated rings. The molecule has 1 heterocycles. The summed E-state index contributed by atoms with van der Waals surface area (Å²) in [4.78, 5) is 23.9. The van der Waals surface area contributed by atoms with Crippen LogP contribution in [0.3, 0.4) is 0 Å². The molecule has 0 saturated heterocycles. The molecule has 0 aliphatic rings. The highest BCUT2D eigenvalue weighted by Crippen LogP contribution is 2.26. The Morgan fingerprint density at radius 2 is 1.79 bits per heavy atom. The largest absolute Gasteiger partial charge is 0.325 e. The van der Waals surface area contributed by atoms with Crippen molar-refractivity contribution in [3.8, 4) is 0 Å². The molecule has 0 aliphatic carbocycles. The van der Waals surface area contributed by atoms with Crippen molar-refractivity contribution in [1.29, 1.82) is 0 Å². The van der Waals surface area contributed by atoms with Gasteiger partial charge in [-0.2, -0.15) is 0 Å². The number of carbonyl (C=O) groups excluding carboxylic acids is 2. The Kier molecular flexibility index (Phi) is 6.56. The highest BCUT2D eigenvalue weighted by molar-refractivity contribution is 8.01. The van der Waals surface area contributed by atoms with Crippen LogP contribution in [0.1, 0.15) is 5.56 Å². The number of aryl methyl sites for hydroxylation is 1. The number of nitrogens with one attached hydrogen (secondary N) is 3. The van der Waals surface area contributed by atoms with Crippen LogP contribution in [0.15, 0.2) is 52.9 Å². The van der Waals surface area contributed by atoms with Gasteiger partial charge in [-0.25, -0.2) is 9.18 Å². The molecular formula is C18H16FN5O2S2. The van der Waals surface area contributed by atoms with Crippen LogP contribution < -0.4 is 16.0 Å². The summed E-state index contributed by atoms with van der Waals surface area (Å²) in [5.74, 6) is -0.821. The normalized spacial score (nSPS) is 10.4. The molecule has 0 saturated carbocycles. The van der Waals surface area contributed by atoms with E-state index >= 15 is 0 Å². The van der Waals surface area contributed by atoms with Crippen molar-refractivity contribution in [2.24, 2.45) is 0 Å². The Balaban J connectivity index is 1.47. The van der Waals surface area contributed by atoms with Crippen molar-refractivity contribution in [3.05, 3.63) is 59.9 Å². The number of rotatable bonds is 6. The monoisotopic (exact) mass is 417 g/mol. The van der Waals surface area contributed by atoms with Gasteiger partial charge in [-0.3, -0.25) is 10.1 Å². The van der Waals surface area contributed by atoms with Crippen molar-refractivity contribution in [3.63, 3.8) is 0 Å². The average Bonchev–Trinajstić information content (AvgIpc) is 3.11. The molecule has 0 unspecified atom stereocenters. The standard InChI is InChI=1S/C18H16FN5O2S2/c1-11-6-8-12(9-7-11)20-16(26)22-17-23-24-18(28-17)27-10-15(25)21-14-5-3-2-4-13(14)19/h2-9H,10H2,1H3,(H,21,25)(H2,20,22,23,26). The Bertz CT molecular complexity index is 978. The first-order valence-corrected chi connectivity index (χ1v) is 9.95. The molecule has 3 rings (SSSR count). The highest BCUT2D eigenvalue weighted by Gasteiger charge is 2.12. The number of halogens is 1. The number of anilines is 3. The zero-order valence-corrected chi connectivity index (χ0v) is 16.4. The predicted octanol–water partition coefficient (Wildman–Crippen LogP) is 4.36. The summed E-state index contributed by atoms with van der Waals surface area (Å²) < 4.78 is 14.0. The van der Waals surface area contributed by atoms with Gasteiger partial charge in [0, 0.05) is 5.69 Å². The number of amides is 3. The summed E-state index contributed by atoms with van der Waals surface area (Å²) >= 11 is 2.29. The Hall–Kier alpha value is -2.98. The molecule has 1 aromatic heterocycles. The number of para-hydroxylation sites is 1. The number of urea groups is 1. The second-order valence-corrected chi connectivity index (χ2v) is 7.83. The lowest BCUT2D eigenvalue weighted by Gasteiger charge is -2.05. The van der Waals surface area contributed by atoms with Gasteiger partial charge in [-0.05, 0) is 31.2 Å². The molecular weight excluding hydrogens is 401 g/mol. The fraction of sp³-hybridized carbons (Fsp3) is 0.111. The molecule has 144 valence electrons. The van der Waals surface area contributed by atoms with Crippen LogP contribution in [-0.2, 0) is 4.79 Å². The van der Waals surface area contributed by atoms with Crippen LogP contribution in [0.5, 0.6) is 0 Å². The zero-order valence-electron chi connectivity index (χ0n) is 14.7. The van der Waals surface area contributed by atoms with Gasteiger partial charge in [0.25, 0.3) is 0 Å². The third kappa shape index (κ3) is 5.76. The van der Waals surface area contributed by atoms with Gasteiger partial charge < -0.3 is 10.6 Å². The molecule has 0 radical (unpaired) electrons. The summed E-state index contributed by atoms with van der Waals surface area (Å²) in [7, 11) is 0. The Labute approximate surface area is 168 Å².